The average molecular weight is 132 g/mol. The summed E-state index contributed by atoms with van der Waals surface area (Å²) in [5, 5.41) is 2.46. The standard InChI is InChI=1S/C5H12N2O2/c1-4(3-9-2)7-5(6)8/h4H,3H2,1-2H3,(H3,6,7,8)/t4-/m1/s1. The molecule has 0 saturated carbocycles. The van der Waals surface area contributed by atoms with Crippen molar-refractivity contribution in [3.63, 3.8) is 0 Å². The van der Waals surface area contributed by atoms with E-state index in [-0.39, 0.29) is 6.04 Å². The molecule has 0 aromatic carbocycles. The maximum atomic E-state index is 10.1. The number of methoxy groups -OCH3 is 1. The lowest BCUT2D eigenvalue weighted by molar-refractivity contribution is 0.172. The summed E-state index contributed by atoms with van der Waals surface area (Å²) < 4.78 is 4.73. The SMILES string of the molecule is COC[C@@H](C)NC(N)=O. The normalized spacial score (nSPS) is 12.7. The van der Waals surface area contributed by atoms with Gasteiger partial charge in [0, 0.05) is 7.11 Å². The van der Waals surface area contributed by atoms with Crippen LogP contribution in [-0.2, 0) is 4.74 Å². The molecular formula is C5H12N2O2. The lowest BCUT2D eigenvalue weighted by Gasteiger charge is -2.09. The summed E-state index contributed by atoms with van der Waals surface area (Å²) in [7, 11) is 1.57. The van der Waals surface area contributed by atoms with Crippen LogP contribution in [0.15, 0.2) is 0 Å². The van der Waals surface area contributed by atoms with E-state index in [0.29, 0.717) is 6.61 Å². The molecule has 54 valence electrons. The summed E-state index contributed by atoms with van der Waals surface area (Å²) in [5.74, 6) is 0. The van der Waals surface area contributed by atoms with Gasteiger partial charge in [-0.1, -0.05) is 0 Å². The summed E-state index contributed by atoms with van der Waals surface area (Å²) in [6, 6.07) is -0.521. The summed E-state index contributed by atoms with van der Waals surface area (Å²) in [6.07, 6.45) is 0. The van der Waals surface area contributed by atoms with Gasteiger partial charge < -0.3 is 15.8 Å². The topological polar surface area (TPSA) is 64.3 Å². The van der Waals surface area contributed by atoms with Crippen molar-refractivity contribution >= 4 is 6.03 Å². The first kappa shape index (κ1) is 8.23. The highest BCUT2D eigenvalue weighted by molar-refractivity contribution is 5.71. The Bertz CT molecular complexity index is 95.0. The molecule has 1 atom stereocenters. The number of nitrogens with one attached hydrogen (secondary N) is 1. The molecule has 2 amide bonds. The number of amides is 2. The molecule has 0 aliphatic heterocycles. The zero-order valence-electron chi connectivity index (χ0n) is 5.68. The minimum atomic E-state index is -0.514. The van der Waals surface area contributed by atoms with Crippen LogP contribution in [0.3, 0.4) is 0 Å². The lowest BCUT2D eigenvalue weighted by Crippen LogP contribution is -2.39. The van der Waals surface area contributed by atoms with E-state index in [9.17, 15) is 4.79 Å². The van der Waals surface area contributed by atoms with Crippen molar-refractivity contribution in [2.75, 3.05) is 13.7 Å². The predicted octanol–water partition coefficient (Wildman–Crippen LogP) is -0.310. The molecule has 0 aromatic rings. The van der Waals surface area contributed by atoms with Crippen LogP contribution in [0.25, 0.3) is 0 Å². The molecule has 0 unspecified atom stereocenters. The summed E-state index contributed by atoms with van der Waals surface area (Å²) in [4.78, 5) is 10.1. The summed E-state index contributed by atoms with van der Waals surface area (Å²) in [5.41, 5.74) is 4.82. The van der Waals surface area contributed by atoms with Gasteiger partial charge in [0.25, 0.3) is 0 Å². The average Bonchev–Trinajstić information content (AvgIpc) is 1.63. The van der Waals surface area contributed by atoms with Gasteiger partial charge in [-0.15, -0.1) is 0 Å². The highest BCUT2D eigenvalue weighted by Crippen LogP contribution is 1.79. The Kier molecular flexibility index (Phi) is 3.79. The third kappa shape index (κ3) is 5.10. The van der Waals surface area contributed by atoms with Gasteiger partial charge in [-0.05, 0) is 6.92 Å². The Morgan fingerprint density at radius 1 is 1.89 bits per heavy atom. The smallest absolute Gasteiger partial charge is 0.312 e. The van der Waals surface area contributed by atoms with Crippen molar-refractivity contribution in [3.8, 4) is 0 Å². The highest BCUT2D eigenvalue weighted by Gasteiger charge is 2.00. The fourth-order valence-electron chi connectivity index (χ4n) is 0.535. The van der Waals surface area contributed by atoms with E-state index >= 15 is 0 Å². The predicted molar refractivity (Wildman–Crippen MR) is 34.1 cm³/mol. The molecular weight excluding hydrogens is 120 g/mol. The maximum absolute atomic E-state index is 10.1. The van der Waals surface area contributed by atoms with Gasteiger partial charge >= 0.3 is 6.03 Å². The number of ether oxygens (including phenoxy) is 1. The molecule has 4 nitrogen and oxygen atoms in total. The molecule has 0 saturated heterocycles. The third-order valence-electron chi connectivity index (χ3n) is 0.805. The molecule has 0 heterocycles. The van der Waals surface area contributed by atoms with Crippen molar-refractivity contribution in [2.24, 2.45) is 5.73 Å². The van der Waals surface area contributed by atoms with Crippen LogP contribution in [0.2, 0.25) is 0 Å². The zero-order valence-corrected chi connectivity index (χ0v) is 5.68. The van der Waals surface area contributed by atoms with E-state index in [0.717, 1.165) is 0 Å². The van der Waals surface area contributed by atoms with Gasteiger partial charge in [0.2, 0.25) is 0 Å². The van der Waals surface area contributed by atoms with E-state index in [1.165, 1.54) is 0 Å². The monoisotopic (exact) mass is 132 g/mol. The number of urea groups is 1. The second kappa shape index (κ2) is 4.14. The van der Waals surface area contributed by atoms with E-state index in [1.54, 1.807) is 7.11 Å². The number of carbonyl (C=O) groups is 1. The van der Waals surface area contributed by atoms with Gasteiger partial charge in [-0.25, -0.2) is 4.79 Å². The number of nitrogens with two attached hydrogens (primary N) is 1. The minimum Gasteiger partial charge on any atom is -0.383 e. The summed E-state index contributed by atoms with van der Waals surface area (Å²) in [6.45, 7) is 2.30. The number of hydrogen-bond donors (Lipinski definition) is 2. The summed E-state index contributed by atoms with van der Waals surface area (Å²) >= 11 is 0. The van der Waals surface area contributed by atoms with Gasteiger partial charge in [0.15, 0.2) is 0 Å². The Labute approximate surface area is 54.4 Å². The molecule has 9 heavy (non-hydrogen) atoms. The van der Waals surface area contributed by atoms with Crippen molar-refractivity contribution in [1.82, 2.24) is 5.32 Å². The van der Waals surface area contributed by atoms with Crippen LogP contribution >= 0.6 is 0 Å². The first-order valence-corrected chi connectivity index (χ1v) is 2.71. The number of carbonyl (C=O) groups excluding carboxylic acids is 1. The van der Waals surface area contributed by atoms with Gasteiger partial charge in [-0.2, -0.15) is 0 Å². The molecule has 0 aromatic heterocycles. The molecule has 0 aliphatic rings. The Morgan fingerprint density at radius 2 is 2.44 bits per heavy atom. The van der Waals surface area contributed by atoms with Crippen molar-refractivity contribution in [2.45, 2.75) is 13.0 Å². The lowest BCUT2D eigenvalue weighted by atomic mass is 10.4. The van der Waals surface area contributed by atoms with Gasteiger partial charge in [0.1, 0.15) is 0 Å². The van der Waals surface area contributed by atoms with Crippen LogP contribution in [0.5, 0.6) is 0 Å². The molecule has 0 bridgehead atoms. The van der Waals surface area contributed by atoms with E-state index in [1.807, 2.05) is 6.92 Å². The van der Waals surface area contributed by atoms with Crippen LogP contribution in [0.1, 0.15) is 6.92 Å². The molecule has 0 aliphatic carbocycles. The number of rotatable bonds is 3. The second-order valence-corrected chi connectivity index (χ2v) is 1.86. The Balaban J connectivity index is 3.26. The van der Waals surface area contributed by atoms with Crippen molar-refractivity contribution in [1.29, 1.82) is 0 Å². The third-order valence-corrected chi connectivity index (χ3v) is 0.805. The molecule has 0 spiro atoms. The van der Waals surface area contributed by atoms with Crippen LogP contribution < -0.4 is 11.1 Å². The molecule has 4 heteroatoms. The van der Waals surface area contributed by atoms with E-state index in [4.69, 9.17) is 10.5 Å². The minimum absolute atomic E-state index is 0.00694. The molecule has 3 N–H and O–H groups in total. The Hall–Kier alpha value is -0.770. The van der Waals surface area contributed by atoms with Crippen molar-refractivity contribution in [3.05, 3.63) is 0 Å². The second-order valence-electron chi connectivity index (χ2n) is 1.86. The number of hydrogen-bond acceptors (Lipinski definition) is 2. The fourth-order valence-corrected chi connectivity index (χ4v) is 0.535. The first-order valence-electron chi connectivity index (χ1n) is 2.71. The van der Waals surface area contributed by atoms with Crippen LogP contribution in [-0.4, -0.2) is 25.8 Å². The Morgan fingerprint density at radius 3 is 2.78 bits per heavy atom. The first-order chi connectivity index (χ1) is 4.16. The van der Waals surface area contributed by atoms with Crippen LogP contribution in [0, 0.1) is 0 Å². The molecule has 0 radical (unpaired) electrons. The number of primary amides is 1. The van der Waals surface area contributed by atoms with E-state index in [2.05, 4.69) is 5.32 Å². The molecule has 0 fully saturated rings. The fraction of sp³-hybridized carbons (Fsp3) is 0.800. The highest BCUT2D eigenvalue weighted by atomic mass is 16.5. The van der Waals surface area contributed by atoms with E-state index < -0.39 is 6.03 Å². The quantitative estimate of drug-likeness (QED) is 0.553. The molecule has 0 rings (SSSR count). The van der Waals surface area contributed by atoms with Gasteiger partial charge in [0.05, 0.1) is 12.6 Å². The van der Waals surface area contributed by atoms with Crippen molar-refractivity contribution < 1.29 is 9.53 Å². The van der Waals surface area contributed by atoms with Gasteiger partial charge in [-0.3, -0.25) is 0 Å². The largest absolute Gasteiger partial charge is 0.383 e. The van der Waals surface area contributed by atoms with Crippen LogP contribution in [0.4, 0.5) is 4.79 Å². The zero-order chi connectivity index (χ0) is 7.28. The maximum Gasteiger partial charge on any atom is 0.312 e.